The van der Waals surface area contributed by atoms with Crippen molar-refractivity contribution in [3.63, 3.8) is 0 Å². The van der Waals surface area contributed by atoms with Crippen LogP contribution in [0.4, 0.5) is 0 Å². The van der Waals surface area contributed by atoms with E-state index in [0.717, 1.165) is 32.1 Å². The van der Waals surface area contributed by atoms with Gasteiger partial charge in [0, 0.05) is 12.5 Å². The molecule has 0 radical (unpaired) electrons. The Kier molecular flexibility index (Phi) is 3.06. The fourth-order valence-electron chi connectivity index (χ4n) is 1.87. The molecule has 80 valence electrons. The second-order valence-electron chi connectivity index (χ2n) is 4.61. The minimum atomic E-state index is -0.184. The summed E-state index contributed by atoms with van der Waals surface area (Å²) in [6.07, 6.45) is 6.17. The molecule has 2 rings (SSSR count). The van der Waals surface area contributed by atoms with Crippen LogP contribution in [-0.2, 0) is 4.79 Å². The van der Waals surface area contributed by atoms with Crippen LogP contribution in [0, 0.1) is 11.8 Å². The van der Waals surface area contributed by atoms with Gasteiger partial charge in [0.2, 0.25) is 5.91 Å². The highest BCUT2D eigenvalue weighted by Gasteiger charge is 2.29. The van der Waals surface area contributed by atoms with Crippen LogP contribution in [-0.4, -0.2) is 23.7 Å². The number of aliphatic hydroxyl groups excluding tert-OH is 1. The standard InChI is InChI=1S/C11H19NO2/c13-10(8-4-5-8)6-7-12-11(14)9-2-1-3-9/h8-10,13H,1-7H2,(H,12,14). The molecule has 1 atom stereocenters. The van der Waals surface area contributed by atoms with Gasteiger partial charge in [0.05, 0.1) is 6.10 Å². The molecule has 14 heavy (non-hydrogen) atoms. The number of amides is 1. The fraction of sp³-hybridized carbons (Fsp3) is 0.909. The van der Waals surface area contributed by atoms with Crippen molar-refractivity contribution in [1.29, 1.82) is 0 Å². The number of hydrogen-bond acceptors (Lipinski definition) is 2. The maximum absolute atomic E-state index is 11.4. The van der Waals surface area contributed by atoms with Crippen LogP contribution < -0.4 is 5.32 Å². The van der Waals surface area contributed by atoms with E-state index in [1.165, 1.54) is 6.42 Å². The first-order valence-electron chi connectivity index (χ1n) is 5.73. The maximum atomic E-state index is 11.4. The van der Waals surface area contributed by atoms with Gasteiger partial charge >= 0.3 is 0 Å². The van der Waals surface area contributed by atoms with Gasteiger partial charge in [-0.3, -0.25) is 4.79 Å². The van der Waals surface area contributed by atoms with Crippen LogP contribution in [0.25, 0.3) is 0 Å². The molecule has 0 aromatic rings. The summed E-state index contributed by atoms with van der Waals surface area (Å²) in [6.45, 7) is 0.646. The Labute approximate surface area is 84.9 Å². The number of rotatable bonds is 5. The van der Waals surface area contributed by atoms with Gasteiger partial charge in [-0.2, -0.15) is 0 Å². The van der Waals surface area contributed by atoms with Gasteiger partial charge in [0.1, 0.15) is 0 Å². The summed E-state index contributed by atoms with van der Waals surface area (Å²) in [6, 6.07) is 0. The van der Waals surface area contributed by atoms with Gasteiger partial charge in [0.15, 0.2) is 0 Å². The molecule has 2 aliphatic rings. The monoisotopic (exact) mass is 197 g/mol. The van der Waals surface area contributed by atoms with E-state index >= 15 is 0 Å². The summed E-state index contributed by atoms with van der Waals surface area (Å²) < 4.78 is 0. The third-order valence-corrected chi connectivity index (χ3v) is 3.38. The summed E-state index contributed by atoms with van der Waals surface area (Å²) in [4.78, 5) is 11.4. The molecule has 1 amide bonds. The minimum Gasteiger partial charge on any atom is -0.393 e. The summed E-state index contributed by atoms with van der Waals surface area (Å²) in [5.74, 6) is 0.989. The quantitative estimate of drug-likeness (QED) is 0.692. The zero-order chi connectivity index (χ0) is 9.97. The number of carbonyl (C=O) groups excluding carboxylic acids is 1. The third kappa shape index (κ3) is 2.47. The Balaban J connectivity index is 1.54. The molecule has 2 aliphatic carbocycles. The summed E-state index contributed by atoms with van der Waals surface area (Å²) >= 11 is 0. The van der Waals surface area contributed by atoms with Gasteiger partial charge in [0.25, 0.3) is 0 Å². The van der Waals surface area contributed by atoms with Crippen LogP contribution >= 0.6 is 0 Å². The molecule has 0 spiro atoms. The molecule has 1 unspecified atom stereocenters. The average molecular weight is 197 g/mol. The number of carbonyl (C=O) groups is 1. The van der Waals surface area contributed by atoms with E-state index in [1.807, 2.05) is 0 Å². The third-order valence-electron chi connectivity index (χ3n) is 3.38. The minimum absolute atomic E-state index is 0.184. The zero-order valence-electron chi connectivity index (χ0n) is 8.54. The number of aliphatic hydroxyl groups is 1. The van der Waals surface area contributed by atoms with Crippen LogP contribution in [0.5, 0.6) is 0 Å². The fourth-order valence-corrected chi connectivity index (χ4v) is 1.87. The van der Waals surface area contributed by atoms with Crippen molar-refractivity contribution >= 4 is 5.91 Å². The van der Waals surface area contributed by atoms with Crippen molar-refractivity contribution < 1.29 is 9.90 Å². The van der Waals surface area contributed by atoms with Crippen molar-refractivity contribution in [2.24, 2.45) is 11.8 Å². The lowest BCUT2D eigenvalue weighted by molar-refractivity contribution is -0.127. The van der Waals surface area contributed by atoms with Crippen LogP contribution in [0.2, 0.25) is 0 Å². The molecule has 3 heteroatoms. The predicted octanol–water partition coefficient (Wildman–Crippen LogP) is 1.06. The topological polar surface area (TPSA) is 49.3 Å². The van der Waals surface area contributed by atoms with Gasteiger partial charge < -0.3 is 10.4 Å². The molecule has 0 bridgehead atoms. The molecular formula is C11H19NO2. The molecule has 0 aliphatic heterocycles. The van der Waals surface area contributed by atoms with E-state index in [1.54, 1.807) is 0 Å². The second-order valence-corrected chi connectivity index (χ2v) is 4.61. The van der Waals surface area contributed by atoms with E-state index in [9.17, 15) is 9.90 Å². The van der Waals surface area contributed by atoms with E-state index in [4.69, 9.17) is 0 Å². The lowest BCUT2D eigenvalue weighted by atomic mass is 9.85. The summed E-state index contributed by atoms with van der Waals surface area (Å²) in [5, 5.41) is 12.5. The van der Waals surface area contributed by atoms with Crippen LogP contribution in [0.15, 0.2) is 0 Å². The van der Waals surface area contributed by atoms with E-state index < -0.39 is 0 Å². The van der Waals surface area contributed by atoms with E-state index in [2.05, 4.69) is 5.32 Å². The summed E-state index contributed by atoms with van der Waals surface area (Å²) in [7, 11) is 0. The largest absolute Gasteiger partial charge is 0.393 e. The Bertz CT molecular complexity index is 209. The van der Waals surface area contributed by atoms with Crippen molar-refractivity contribution in [3.05, 3.63) is 0 Å². The first-order chi connectivity index (χ1) is 6.77. The predicted molar refractivity (Wildman–Crippen MR) is 53.7 cm³/mol. The normalized spacial score (nSPS) is 24.1. The molecule has 0 heterocycles. The average Bonchev–Trinajstić information content (AvgIpc) is 2.82. The molecule has 0 aromatic carbocycles. The molecule has 3 nitrogen and oxygen atoms in total. The second kappa shape index (κ2) is 4.30. The zero-order valence-corrected chi connectivity index (χ0v) is 8.54. The van der Waals surface area contributed by atoms with Crippen molar-refractivity contribution in [2.45, 2.75) is 44.6 Å². The maximum Gasteiger partial charge on any atom is 0.223 e. The highest BCUT2D eigenvalue weighted by atomic mass is 16.3. The molecular weight excluding hydrogens is 178 g/mol. The number of hydrogen-bond donors (Lipinski definition) is 2. The smallest absolute Gasteiger partial charge is 0.223 e. The van der Waals surface area contributed by atoms with Crippen LogP contribution in [0.3, 0.4) is 0 Å². The lowest BCUT2D eigenvalue weighted by Gasteiger charge is -2.24. The molecule has 0 saturated heterocycles. The first-order valence-corrected chi connectivity index (χ1v) is 5.73. The molecule has 2 N–H and O–H groups in total. The Morgan fingerprint density at radius 2 is 2.07 bits per heavy atom. The Morgan fingerprint density at radius 3 is 2.57 bits per heavy atom. The molecule has 2 fully saturated rings. The van der Waals surface area contributed by atoms with E-state index in [-0.39, 0.29) is 17.9 Å². The SMILES string of the molecule is O=C(NCCC(O)C1CC1)C1CCC1. The molecule has 2 saturated carbocycles. The van der Waals surface area contributed by atoms with Crippen LogP contribution in [0.1, 0.15) is 38.5 Å². The molecule has 0 aromatic heterocycles. The van der Waals surface area contributed by atoms with Gasteiger partial charge in [-0.25, -0.2) is 0 Å². The highest BCUT2D eigenvalue weighted by molar-refractivity contribution is 5.79. The number of nitrogens with one attached hydrogen (secondary N) is 1. The summed E-state index contributed by atoms with van der Waals surface area (Å²) in [5.41, 5.74) is 0. The van der Waals surface area contributed by atoms with E-state index in [0.29, 0.717) is 12.5 Å². The van der Waals surface area contributed by atoms with Crippen molar-refractivity contribution in [2.75, 3.05) is 6.54 Å². The first kappa shape index (κ1) is 9.97. The van der Waals surface area contributed by atoms with Gasteiger partial charge in [-0.1, -0.05) is 6.42 Å². The van der Waals surface area contributed by atoms with Crippen molar-refractivity contribution in [3.8, 4) is 0 Å². The lowest BCUT2D eigenvalue weighted by Crippen LogP contribution is -2.36. The highest BCUT2D eigenvalue weighted by Crippen LogP contribution is 2.33. The van der Waals surface area contributed by atoms with Gasteiger partial charge in [-0.15, -0.1) is 0 Å². The van der Waals surface area contributed by atoms with Gasteiger partial charge in [-0.05, 0) is 38.0 Å². The Hall–Kier alpha value is -0.570. The Morgan fingerprint density at radius 1 is 1.36 bits per heavy atom. The van der Waals surface area contributed by atoms with Crippen molar-refractivity contribution in [1.82, 2.24) is 5.32 Å².